The molecule has 0 saturated carbocycles. The molecule has 4 rings (SSSR count). The fourth-order valence-corrected chi connectivity index (χ4v) is 3.75. The van der Waals surface area contributed by atoms with Crippen LogP contribution in [-0.2, 0) is 6.54 Å². The van der Waals surface area contributed by atoms with E-state index in [9.17, 15) is 9.59 Å². The summed E-state index contributed by atoms with van der Waals surface area (Å²) in [6.07, 6.45) is 1.59. The van der Waals surface area contributed by atoms with Crippen LogP contribution in [0, 0.1) is 18.3 Å². The molecule has 164 valence electrons. The van der Waals surface area contributed by atoms with Crippen LogP contribution in [0.25, 0.3) is 10.9 Å². The number of carbonyl (C=O) groups is 1. The highest BCUT2D eigenvalue weighted by molar-refractivity contribution is 6.10. The first-order chi connectivity index (χ1) is 15.9. The first kappa shape index (κ1) is 21.8. The molecule has 1 aromatic heterocycles. The highest BCUT2D eigenvalue weighted by Crippen LogP contribution is 2.31. The van der Waals surface area contributed by atoms with E-state index in [0.717, 1.165) is 11.1 Å². The van der Waals surface area contributed by atoms with Crippen LogP contribution >= 0.6 is 0 Å². The van der Waals surface area contributed by atoms with E-state index in [0.29, 0.717) is 40.1 Å². The third-order valence-corrected chi connectivity index (χ3v) is 5.58. The molecule has 0 radical (unpaired) electrons. The molecule has 0 bridgehead atoms. The molecule has 0 aliphatic heterocycles. The first-order valence-corrected chi connectivity index (χ1v) is 10.3. The van der Waals surface area contributed by atoms with Crippen molar-refractivity contribution in [3.05, 3.63) is 105 Å². The Labute approximate surface area is 191 Å². The number of pyridine rings is 1. The zero-order valence-corrected chi connectivity index (χ0v) is 18.6. The van der Waals surface area contributed by atoms with Gasteiger partial charge in [0.25, 0.3) is 0 Å². The van der Waals surface area contributed by atoms with Gasteiger partial charge in [0.05, 0.1) is 42.3 Å². The molecule has 0 aliphatic carbocycles. The molecular weight excluding hydrogens is 416 g/mol. The lowest BCUT2D eigenvalue weighted by atomic mass is 10.0. The highest BCUT2D eigenvalue weighted by atomic mass is 16.5. The lowest BCUT2D eigenvalue weighted by Gasteiger charge is -2.16. The lowest BCUT2D eigenvalue weighted by Crippen LogP contribution is -2.20. The third-order valence-electron chi connectivity index (χ3n) is 5.58. The fraction of sp³-hybridized carbons (Fsp3) is 0.148. The number of ether oxygens (including phenoxy) is 2. The van der Waals surface area contributed by atoms with Gasteiger partial charge in [0.1, 0.15) is 0 Å². The summed E-state index contributed by atoms with van der Waals surface area (Å²) >= 11 is 0. The van der Waals surface area contributed by atoms with Gasteiger partial charge in [0.2, 0.25) is 5.43 Å². The number of hydrogen-bond acceptors (Lipinski definition) is 5. The van der Waals surface area contributed by atoms with E-state index >= 15 is 0 Å². The summed E-state index contributed by atoms with van der Waals surface area (Å²) in [4.78, 5) is 26.7. The van der Waals surface area contributed by atoms with Crippen molar-refractivity contribution in [1.82, 2.24) is 4.57 Å². The van der Waals surface area contributed by atoms with Crippen molar-refractivity contribution in [2.45, 2.75) is 13.5 Å². The van der Waals surface area contributed by atoms with E-state index in [-0.39, 0.29) is 16.8 Å². The maximum atomic E-state index is 13.4. The van der Waals surface area contributed by atoms with Gasteiger partial charge in [0, 0.05) is 24.4 Å². The number of carbonyl (C=O) groups excluding carboxylic acids is 1. The number of rotatable bonds is 6. The van der Waals surface area contributed by atoms with Crippen molar-refractivity contribution >= 4 is 16.7 Å². The van der Waals surface area contributed by atoms with Crippen LogP contribution in [0.5, 0.6) is 11.5 Å². The quantitative estimate of drug-likeness (QED) is 0.415. The molecule has 0 atom stereocenters. The van der Waals surface area contributed by atoms with Crippen LogP contribution in [0.1, 0.15) is 32.6 Å². The summed E-state index contributed by atoms with van der Waals surface area (Å²) in [5.41, 5.74) is 3.28. The molecule has 0 amide bonds. The van der Waals surface area contributed by atoms with Crippen molar-refractivity contribution in [3.63, 3.8) is 0 Å². The Bertz CT molecular complexity index is 1440. The zero-order valence-electron chi connectivity index (χ0n) is 18.6. The van der Waals surface area contributed by atoms with Gasteiger partial charge in [-0.3, -0.25) is 9.59 Å². The van der Waals surface area contributed by atoms with Crippen LogP contribution in [-0.4, -0.2) is 24.6 Å². The first-order valence-electron chi connectivity index (χ1n) is 10.3. The number of nitriles is 1. The molecule has 6 heteroatoms. The minimum atomic E-state index is -0.368. The molecular formula is C27H22N2O4. The van der Waals surface area contributed by atoms with Gasteiger partial charge in [-0.15, -0.1) is 0 Å². The molecule has 1 heterocycles. The predicted molar refractivity (Wildman–Crippen MR) is 126 cm³/mol. The number of ketones is 1. The summed E-state index contributed by atoms with van der Waals surface area (Å²) in [6.45, 7) is 2.33. The lowest BCUT2D eigenvalue weighted by molar-refractivity contribution is 0.103. The molecule has 0 saturated heterocycles. The molecule has 6 nitrogen and oxygen atoms in total. The van der Waals surface area contributed by atoms with E-state index in [4.69, 9.17) is 14.7 Å². The second-order valence-electron chi connectivity index (χ2n) is 7.73. The Morgan fingerprint density at radius 3 is 2.21 bits per heavy atom. The van der Waals surface area contributed by atoms with Crippen molar-refractivity contribution in [2.75, 3.05) is 14.2 Å². The molecule has 33 heavy (non-hydrogen) atoms. The Balaban J connectivity index is 1.93. The standard InChI is InChI=1S/C27H22N2O4/c1-17-4-10-20(11-5-17)26(30)22-16-29(15-19-8-6-18(14-28)7-9-19)23-13-25(33-3)24(32-2)12-21(23)27(22)31/h4-13,16H,15H2,1-3H3. The molecule has 4 aromatic rings. The Morgan fingerprint density at radius 2 is 1.61 bits per heavy atom. The third kappa shape index (κ3) is 4.21. The van der Waals surface area contributed by atoms with Gasteiger partial charge in [-0.2, -0.15) is 5.26 Å². The predicted octanol–water partition coefficient (Wildman–Crippen LogP) is 4.48. The second kappa shape index (κ2) is 9.01. The van der Waals surface area contributed by atoms with E-state index < -0.39 is 0 Å². The zero-order chi connectivity index (χ0) is 23.5. The van der Waals surface area contributed by atoms with Gasteiger partial charge in [-0.1, -0.05) is 42.0 Å². The van der Waals surface area contributed by atoms with Gasteiger partial charge >= 0.3 is 0 Å². The molecule has 0 aliphatic rings. The second-order valence-corrected chi connectivity index (χ2v) is 7.73. The number of fused-ring (bicyclic) bond motifs is 1. The highest BCUT2D eigenvalue weighted by Gasteiger charge is 2.19. The Hall–Kier alpha value is -4.37. The Kier molecular flexibility index (Phi) is 5.97. The molecule has 0 fully saturated rings. The van der Waals surface area contributed by atoms with Crippen molar-refractivity contribution in [1.29, 1.82) is 5.26 Å². The molecule has 0 spiro atoms. The van der Waals surface area contributed by atoms with Crippen molar-refractivity contribution in [2.24, 2.45) is 0 Å². The maximum absolute atomic E-state index is 13.4. The Morgan fingerprint density at radius 1 is 0.970 bits per heavy atom. The average molecular weight is 438 g/mol. The number of aryl methyl sites for hydroxylation is 1. The number of methoxy groups -OCH3 is 2. The maximum Gasteiger partial charge on any atom is 0.200 e. The topological polar surface area (TPSA) is 81.3 Å². The number of benzene rings is 3. The smallest absolute Gasteiger partial charge is 0.200 e. The van der Waals surface area contributed by atoms with Crippen molar-refractivity contribution in [3.8, 4) is 17.6 Å². The molecule has 3 aromatic carbocycles. The molecule has 0 N–H and O–H groups in total. The number of nitrogens with zero attached hydrogens (tertiary/aromatic N) is 2. The average Bonchev–Trinajstić information content (AvgIpc) is 2.85. The van der Waals surface area contributed by atoms with Crippen LogP contribution in [0.2, 0.25) is 0 Å². The summed E-state index contributed by atoms with van der Waals surface area (Å²) in [6, 6.07) is 19.8. The normalized spacial score (nSPS) is 10.6. The van der Waals surface area contributed by atoms with E-state index in [1.54, 1.807) is 42.6 Å². The fourth-order valence-electron chi connectivity index (χ4n) is 3.75. The van der Waals surface area contributed by atoms with Crippen molar-refractivity contribution < 1.29 is 14.3 Å². The van der Waals surface area contributed by atoms with Gasteiger partial charge in [-0.25, -0.2) is 0 Å². The van der Waals surface area contributed by atoms with Crippen LogP contribution in [0.4, 0.5) is 0 Å². The minimum Gasteiger partial charge on any atom is -0.493 e. The van der Waals surface area contributed by atoms with Gasteiger partial charge < -0.3 is 14.0 Å². The van der Waals surface area contributed by atoms with E-state index in [2.05, 4.69) is 6.07 Å². The summed E-state index contributed by atoms with van der Waals surface area (Å²) < 4.78 is 12.7. The van der Waals surface area contributed by atoms with Crippen LogP contribution < -0.4 is 14.9 Å². The summed E-state index contributed by atoms with van der Waals surface area (Å²) in [7, 11) is 3.03. The molecule has 0 unspecified atom stereocenters. The van der Waals surface area contributed by atoms with Crippen LogP contribution in [0.3, 0.4) is 0 Å². The number of aromatic nitrogens is 1. The van der Waals surface area contributed by atoms with Crippen LogP contribution in [0.15, 0.2) is 71.7 Å². The summed E-state index contributed by atoms with van der Waals surface area (Å²) in [5, 5.41) is 9.43. The van der Waals surface area contributed by atoms with E-state index in [1.165, 1.54) is 14.2 Å². The largest absolute Gasteiger partial charge is 0.493 e. The van der Waals surface area contributed by atoms with Gasteiger partial charge in [0.15, 0.2) is 17.3 Å². The number of hydrogen-bond donors (Lipinski definition) is 0. The summed E-state index contributed by atoms with van der Waals surface area (Å²) in [5.74, 6) is 0.549. The van der Waals surface area contributed by atoms with Gasteiger partial charge in [-0.05, 0) is 30.7 Å². The van der Waals surface area contributed by atoms with E-state index in [1.807, 2.05) is 35.8 Å². The monoisotopic (exact) mass is 438 g/mol. The SMILES string of the molecule is COc1cc2c(=O)c(C(=O)c3ccc(C)cc3)cn(Cc3ccc(C#N)cc3)c2cc1OC. The minimum absolute atomic E-state index is 0.0761.